The van der Waals surface area contributed by atoms with Gasteiger partial charge in [0.25, 0.3) is 5.91 Å². The summed E-state index contributed by atoms with van der Waals surface area (Å²) in [6, 6.07) is 13.6. The van der Waals surface area contributed by atoms with Crippen LogP contribution in [0.25, 0.3) is 0 Å². The molecular weight excluding hydrogens is 295 g/mol. The van der Waals surface area contributed by atoms with Crippen LogP contribution >= 0.6 is 0 Å². The van der Waals surface area contributed by atoms with Gasteiger partial charge >= 0.3 is 0 Å². The van der Waals surface area contributed by atoms with Gasteiger partial charge < -0.3 is 0 Å². The number of amides is 1. The zero-order valence-corrected chi connectivity index (χ0v) is 12.5. The molecule has 23 heavy (non-hydrogen) atoms. The Balaban J connectivity index is 1.70. The third-order valence-corrected chi connectivity index (χ3v) is 3.39. The number of halogens is 1. The Kier molecular flexibility index (Phi) is 4.14. The molecule has 2 aromatic carbocycles. The molecule has 1 amide bonds. The van der Waals surface area contributed by atoms with Crippen molar-refractivity contribution in [2.24, 2.45) is 0 Å². The number of hydrogen-bond acceptors (Lipinski definition) is 3. The van der Waals surface area contributed by atoms with E-state index >= 15 is 0 Å². The Morgan fingerprint density at radius 2 is 2.04 bits per heavy atom. The molecule has 1 heterocycles. The number of carbonyl (C=O) groups is 1. The Morgan fingerprint density at radius 1 is 1.22 bits per heavy atom. The average Bonchev–Trinajstić information content (AvgIpc) is 2.94. The zero-order chi connectivity index (χ0) is 16.2. The highest BCUT2D eigenvalue weighted by Crippen LogP contribution is 2.10. The first kappa shape index (κ1) is 14.9. The van der Waals surface area contributed by atoms with E-state index in [1.165, 1.54) is 18.5 Å². The monoisotopic (exact) mass is 310 g/mol. The molecule has 116 valence electrons. The molecule has 1 N–H and O–H groups in total. The molecule has 0 atom stereocenters. The van der Waals surface area contributed by atoms with Crippen molar-refractivity contribution in [1.82, 2.24) is 14.8 Å². The molecule has 0 aliphatic rings. The Hall–Kier alpha value is -3.02. The van der Waals surface area contributed by atoms with Gasteiger partial charge in [0, 0.05) is 5.56 Å². The van der Waals surface area contributed by atoms with E-state index in [2.05, 4.69) is 15.4 Å². The SMILES string of the molecule is Cc1ccccc1C(=O)Nc1ncn(Cc2cccc(F)c2)n1. The number of anilines is 1. The number of nitrogens with one attached hydrogen (secondary N) is 1. The second-order valence-electron chi connectivity index (χ2n) is 5.16. The van der Waals surface area contributed by atoms with E-state index in [0.29, 0.717) is 12.1 Å². The maximum Gasteiger partial charge on any atom is 0.258 e. The molecule has 0 unspecified atom stereocenters. The highest BCUT2D eigenvalue weighted by Gasteiger charge is 2.11. The number of nitrogens with zero attached hydrogens (tertiary/aromatic N) is 3. The lowest BCUT2D eigenvalue weighted by molar-refractivity contribution is 0.102. The number of aryl methyl sites for hydroxylation is 1. The third-order valence-electron chi connectivity index (χ3n) is 3.39. The van der Waals surface area contributed by atoms with Crippen LogP contribution in [0.5, 0.6) is 0 Å². The summed E-state index contributed by atoms with van der Waals surface area (Å²) in [4.78, 5) is 16.3. The molecular formula is C17H15FN4O. The van der Waals surface area contributed by atoms with Crippen LogP contribution in [-0.2, 0) is 6.54 Å². The van der Waals surface area contributed by atoms with E-state index in [9.17, 15) is 9.18 Å². The molecule has 0 saturated carbocycles. The van der Waals surface area contributed by atoms with Gasteiger partial charge in [0.15, 0.2) is 0 Å². The van der Waals surface area contributed by atoms with E-state index in [1.54, 1.807) is 28.9 Å². The van der Waals surface area contributed by atoms with Crippen molar-refractivity contribution in [1.29, 1.82) is 0 Å². The summed E-state index contributed by atoms with van der Waals surface area (Å²) in [5.74, 6) is -0.336. The number of hydrogen-bond donors (Lipinski definition) is 1. The van der Waals surface area contributed by atoms with Crippen LogP contribution in [0.2, 0.25) is 0 Å². The van der Waals surface area contributed by atoms with E-state index in [-0.39, 0.29) is 17.7 Å². The maximum absolute atomic E-state index is 13.2. The predicted octanol–water partition coefficient (Wildman–Crippen LogP) is 3.03. The van der Waals surface area contributed by atoms with Crippen molar-refractivity contribution in [3.05, 3.63) is 77.4 Å². The lowest BCUT2D eigenvalue weighted by atomic mass is 10.1. The lowest BCUT2D eigenvalue weighted by Gasteiger charge is -2.04. The van der Waals surface area contributed by atoms with Gasteiger partial charge in [-0.1, -0.05) is 30.3 Å². The molecule has 3 aromatic rings. The van der Waals surface area contributed by atoms with E-state index < -0.39 is 0 Å². The first-order valence-corrected chi connectivity index (χ1v) is 7.13. The fourth-order valence-corrected chi connectivity index (χ4v) is 2.25. The highest BCUT2D eigenvalue weighted by molar-refractivity contribution is 6.04. The molecule has 0 radical (unpaired) electrons. The third kappa shape index (κ3) is 3.60. The molecule has 0 fully saturated rings. The summed E-state index contributed by atoms with van der Waals surface area (Å²) in [5, 5.41) is 6.84. The van der Waals surface area contributed by atoms with Gasteiger partial charge in [0.05, 0.1) is 6.54 Å². The van der Waals surface area contributed by atoms with Crippen molar-refractivity contribution < 1.29 is 9.18 Å². The van der Waals surface area contributed by atoms with Gasteiger partial charge in [-0.2, -0.15) is 0 Å². The van der Waals surface area contributed by atoms with Crippen LogP contribution in [0.4, 0.5) is 10.3 Å². The normalized spacial score (nSPS) is 10.5. The van der Waals surface area contributed by atoms with Gasteiger partial charge in [0.2, 0.25) is 5.95 Å². The maximum atomic E-state index is 13.2. The van der Waals surface area contributed by atoms with Crippen molar-refractivity contribution in [3.63, 3.8) is 0 Å². The molecule has 6 heteroatoms. The second kappa shape index (κ2) is 6.39. The number of benzene rings is 2. The van der Waals surface area contributed by atoms with E-state index in [4.69, 9.17) is 0 Å². The summed E-state index contributed by atoms with van der Waals surface area (Å²) in [7, 11) is 0. The van der Waals surface area contributed by atoms with Crippen molar-refractivity contribution in [3.8, 4) is 0 Å². The minimum Gasteiger partial charge on any atom is -0.289 e. The highest BCUT2D eigenvalue weighted by atomic mass is 19.1. The molecule has 0 saturated heterocycles. The van der Waals surface area contributed by atoms with Crippen LogP contribution in [0.1, 0.15) is 21.5 Å². The van der Waals surface area contributed by atoms with Gasteiger partial charge in [-0.05, 0) is 36.2 Å². The summed E-state index contributed by atoms with van der Waals surface area (Å²) < 4.78 is 14.7. The lowest BCUT2D eigenvalue weighted by Crippen LogP contribution is -2.14. The number of rotatable bonds is 4. The van der Waals surface area contributed by atoms with Crippen LogP contribution < -0.4 is 5.32 Å². The van der Waals surface area contributed by atoms with Crippen LogP contribution in [-0.4, -0.2) is 20.7 Å². The zero-order valence-electron chi connectivity index (χ0n) is 12.5. The van der Waals surface area contributed by atoms with Crippen LogP contribution in [0, 0.1) is 12.7 Å². The smallest absolute Gasteiger partial charge is 0.258 e. The Bertz CT molecular complexity index is 844. The minimum atomic E-state index is -0.296. The minimum absolute atomic E-state index is 0.217. The molecule has 0 aliphatic heterocycles. The first-order chi connectivity index (χ1) is 11.1. The molecule has 5 nitrogen and oxygen atoms in total. The van der Waals surface area contributed by atoms with Gasteiger partial charge in [-0.3, -0.25) is 10.1 Å². The molecule has 0 spiro atoms. The molecule has 1 aromatic heterocycles. The van der Waals surface area contributed by atoms with E-state index in [1.807, 2.05) is 19.1 Å². The summed E-state index contributed by atoms with van der Waals surface area (Å²) in [6.07, 6.45) is 1.50. The van der Waals surface area contributed by atoms with Crippen molar-refractivity contribution in [2.75, 3.05) is 5.32 Å². The fraction of sp³-hybridized carbons (Fsp3) is 0.118. The van der Waals surface area contributed by atoms with Crippen LogP contribution in [0.3, 0.4) is 0 Å². The molecule has 3 rings (SSSR count). The quantitative estimate of drug-likeness (QED) is 0.806. The summed E-state index contributed by atoms with van der Waals surface area (Å²) >= 11 is 0. The number of aromatic nitrogens is 3. The Labute approximate surface area is 132 Å². The first-order valence-electron chi connectivity index (χ1n) is 7.13. The van der Waals surface area contributed by atoms with Crippen molar-refractivity contribution in [2.45, 2.75) is 13.5 Å². The van der Waals surface area contributed by atoms with E-state index in [0.717, 1.165) is 11.1 Å². The average molecular weight is 310 g/mol. The Morgan fingerprint density at radius 3 is 2.83 bits per heavy atom. The van der Waals surface area contributed by atoms with Crippen molar-refractivity contribution >= 4 is 11.9 Å². The largest absolute Gasteiger partial charge is 0.289 e. The topological polar surface area (TPSA) is 59.8 Å². The summed E-state index contributed by atoms with van der Waals surface area (Å²) in [6.45, 7) is 2.25. The van der Waals surface area contributed by atoms with Gasteiger partial charge in [-0.25, -0.2) is 14.1 Å². The second-order valence-corrected chi connectivity index (χ2v) is 5.16. The van der Waals surface area contributed by atoms with Gasteiger partial charge in [-0.15, -0.1) is 5.10 Å². The summed E-state index contributed by atoms with van der Waals surface area (Å²) in [5.41, 5.74) is 2.23. The standard InChI is InChI=1S/C17H15FN4O/c1-12-5-2-3-8-15(12)16(23)20-17-19-11-22(21-17)10-13-6-4-7-14(18)9-13/h2-9,11H,10H2,1H3,(H,20,21,23). The predicted molar refractivity (Wildman–Crippen MR) is 84.7 cm³/mol. The number of carbonyl (C=O) groups excluding carboxylic acids is 1. The van der Waals surface area contributed by atoms with Crippen LogP contribution in [0.15, 0.2) is 54.9 Å². The fourth-order valence-electron chi connectivity index (χ4n) is 2.25. The molecule has 0 bridgehead atoms. The molecule has 0 aliphatic carbocycles. The van der Waals surface area contributed by atoms with Gasteiger partial charge in [0.1, 0.15) is 12.1 Å².